The van der Waals surface area contributed by atoms with Crippen molar-refractivity contribution >= 4 is 11.6 Å². The number of nitrogens with zero attached hydrogens (tertiary/aromatic N) is 1. The summed E-state index contributed by atoms with van der Waals surface area (Å²) in [4.78, 5) is 14.3. The predicted molar refractivity (Wildman–Crippen MR) is 89.9 cm³/mol. The molecule has 2 heteroatoms. The third-order valence-corrected chi connectivity index (χ3v) is 4.11. The Bertz CT molecular complexity index is 795. The zero-order chi connectivity index (χ0) is 15.7. The lowest BCUT2D eigenvalue weighted by Gasteiger charge is -2.19. The van der Waals surface area contributed by atoms with Gasteiger partial charge in [0.1, 0.15) is 0 Å². The second-order valence-corrected chi connectivity index (χ2v) is 5.93. The van der Waals surface area contributed by atoms with E-state index in [1.165, 1.54) is 11.1 Å². The number of para-hydroxylation sites is 1. The number of carbonyl (C=O) groups excluding carboxylic acids is 1. The van der Waals surface area contributed by atoms with E-state index < -0.39 is 0 Å². The third-order valence-electron chi connectivity index (χ3n) is 4.11. The Morgan fingerprint density at radius 1 is 1.18 bits per heavy atom. The van der Waals surface area contributed by atoms with E-state index in [-0.39, 0.29) is 11.9 Å². The van der Waals surface area contributed by atoms with Crippen LogP contribution in [0.25, 0.3) is 0 Å². The Kier molecular flexibility index (Phi) is 3.73. The van der Waals surface area contributed by atoms with Gasteiger partial charge in [0.2, 0.25) is 0 Å². The number of benzene rings is 2. The van der Waals surface area contributed by atoms with Crippen LogP contribution < -0.4 is 4.90 Å². The first-order valence-electron chi connectivity index (χ1n) is 7.56. The molecule has 1 amide bonds. The number of fused-ring (bicyclic) bond motifs is 1. The summed E-state index contributed by atoms with van der Waals surface area (Å²) >= 11 is 0. The van der Waals surface area contributed by atoms with E-state index in [1.807, 2.05) is 42.2 Å². The first kappa shape index (κ1) is 14.4. The standard InChI is InChI=1S/C20H19NO/c1-14-8-9-17(15(2)12-14)10-11-20(22)21-16(3)13-18-6-4-5-7-19(18)21/h4-9,12,16H,13H2,1-3H3. The van der Waals surface area contributed by atoms with Crippen LogP contribution in [0.3, 0.4) is 0 Å². The van der Waals surface area contributed by atoms with Crippen molar-refractivity contribution < 1.29 is 4.79 Å². The predicted octanol–water partition coefficient (Wildman–Crippen LogP) is 3.63. The van der Waals surface area contributed by atoms with Crippen molar-refractivity contribution in [2.75, 3.05) is 4.90 Å². The molecule has 0 aromatic heterocycles. The highest BCUT2D eigenvalue weighted by molar-refractivity contribution is 6.07. The van der Waals surface area contributed by atoms with Gasteiger partial charge in [0.05, 0.1) is 0 Å². The summed E-state index contributed by atoms with van der Waals surface area (Å²) in [5, 5.41) is 0. The summed E-state index contributed by atoms with van der Waals surface area (Å²) in [6.45, 7) is 6.14. The van der Waals surface area contributed by atoms with E-state index in [4.69, 9.17) is 0 Å². The van der Waals surface area contributed by atoms with Crippen molar-refractivity contribution in [3.63, 3.8) is 0 Å². The molecule has 1 aliphatic heterocycles. The number of hydrogen-bond acceptors (Lipinski definition) is 1. The molecule has 0 spiro atoms. The van der Waals surface area contributed by atoms with Gasteiger partial charge in [-0.05, 0) is 50.5 Å². The lowest BCUT2D eigenvalue weighted by Crippen LogP contribution is -2.34. The van der Waals surface area contributed by atoms with Gasteiger partial charge in [-0.1, -0.05) is 41.8 Å². The highest BCUT2D eigenvalue weighted by atomic mass is 16.2. The molecule has 1 heterocycles. The van der Waals surface area contributed by atoms with E-state index in [2.05, 4.69) is 37.8 Å². The summed E-state index contributed by atoms with van der Waals surface area (Å²) in [5.74, 6) is 5.71. The molecule has 1 aliphatic rings. The van der Waals surface area contributed by atoms with E-state index in [1.54, 1.807) is 0 Å². The molecular formula is C20H19NO. The maximum atomic E-state index is 12.5. The first-order chi connectivity index (χ1) is 10.6. The minimum Gasteiger partial charge on any atom is -0.298 e. The van der Waals surface area contributed by atoms with E-state index >= 15 is 0 Å². The monoisotopic (exact) mass is 289 g/mol. The van der Waals surface area contributed by atoms with Gasteiger partial charge in [-0.2, -0.15) is 0 Å². The Balaban J connectivity index is 1.88. The SMILES string of the molecule is Cc1ccc(C#CC(=O)N2c3ccccc3CC2C)c(C)c1. The number of aryl methyl sites for hydroxylation is 2. The molecule has 0 fully saturated rings. The molecule has 0 N–H and O–H groups in total. The molecule has 110 valence electrons. The lowest BCUT2D eigenvalue weighted by molar-refractivity contribution is -0.113. The van der Waals surface area contributed by atoms with Crippen molar-refractivity contribution in [2.24, 2.45) is 0 Å². The molecule has 0 aliphatic carbocycles. The molecule has 0 saturated carbocycles. The fourth-order valence-electron chi connectivity index (χ4n) is 3.01. The largest absolute Gasteiger partial charge is 0.303 e. The van der Waals surface area contributed by atoms with Crippen molar-refractivity contribution in [3.8, 4) is 11.8 Å². The molecule has 3 rings (SSSR count). The number of hydrogen-bond donors (Lipinski definition) is 0. The normalized spacial score (nSPS) is 16.0. The van der Waals surface area contributed by atoms with Crippen molar-refractivity contribution in [1.29, 1.82) is 0 Å². The summed E-state index contributed by atoms with van der Waals surface area (Å²) in [6.07, 6.45) is 0.896. The lowest BCUT2D eigenvalue weighted by atomic mass is 10.1. The molecule has 2 nitrogen and oxygen atoms in total. The number of amides is 1. The fraction of sp³-hybridized carbons (Fsp3) is 0.250. The van der Waals surface area contributed by atoms with Crippen LogP contribution in [0.2, 0.25) is 0 Å². The Morgan fingerprint density at radius 3 is 2.73 bits per heavy atom. The Morgan fingerprint density at radius 2 is 1.95 bits per heavy atom. The minimum atomic E-state index is -0.127. The topological polar surface area (TPSA) is 20.3 Å². The molecule has 1 atom stereocenters. The van der Waals surface area contributed by atoms with Gasteiger partial charge in [0.15, 0.2) is 0 Å². The van der Waals surface area contributed by atoms with Crippen LogP contribution in [-0.2, 0) is 11.2 Å². The van der Waals surface area contributed by atoms with Gasteiger partial charge in [-0.15, -0.1) is 0 Å². The van der Waals surface area contributed by atoms with E-state index in [9.17, 15) is 4.79 Å². The third kappa shape index (κ3) is 2.63. The highest BCUT2D eigenvalue weighted by Gasteiger charge is 2.29. The highest BCUT2D eigenvalue weighted by Crippen LogP contribution is 2.31. The zero-order valence-corrected chi connectivity index (χ0v) is 13.2. The van der Waals surface area contributed by atoms with Crippen LogP contribution in [-0.4, -0.2) is 11.9 Å². The van der Waals surface area contributed by atoms with Gasteiger partial charge in [-0.25, -0.2) is 0 Å². The minimum absolute atomic E-state index is 0.127. The zero-order valence-electron chi connectivity index (χ0n) is 13.2. The quantitative estimate of drug-likeness (QED) is 0.678. The second-order valence-electron chi connectivity index (χ2n) is 5.93. The molecule has 2 aromatic carbocycles. The smallest absolute Gasteiger partial charge is 0.298 e. The van der Waals surface area contributed by atoms with Crippen molar-refractivity contribution in [1.82, 2.24) is 0 Å². The van der Waals surface area contributed by atoms with Crippen LogP contribution in [0.1, 0.15) is 29.2 Å². The fourth-order valence-corrected chi connectivity index (χ4v) is 3.01. The summed E-state index contributed by atoms with van der Waals surface area (Å²) in [6, 6.07) is 14.3. The van der Waals surface area contributed by atoms with Gasteiger partial charge in [0, 0.05) is 23.2 Å². The first-order valence-corrected chi connectivity index (χ1v) is 7.56. The van der Waals surface area contributed by atoms with Gasteiger partial charge < -0.3 is 0 Å². The van der Waals surface area contributed by atoms with Gasteiger partial charge in [-0.3, -0.25) is 9.69 Å². The van der Waals surface area contributed by atoms with Crippen LogP contribution in [0.4, 0.5) is 5.69 Å². The molecule has 0 saturated heterocycles. The maximum Gasteiger partial charge on any atom is 0.303 e. The van der Waals surface area contributed by atoms with E-state index in [0.717, 1.165) is 23.2 Å². The molecule has 22 heavy (non-hydrogen) atoms. The van der Waals surface area contributed by atoms with Gasteiger partial charge >= 0.3 is 5.91 Å². The van der Waals surface area contributed by atoms with Crippen LogP contribution >= 0.6 is 0 Å². The molecule has 2 aromatic rings. The molecular weight excluding hydrogens is 270 g/mol. The average Bonchev–Trinajstić information content (AvgIpc) is 2.82. The van der Waals surface area contributed by atoms with E-state index in [0.29, 0.717) is 0 Å². The molecule has 1 unspecified atom stereocenters. The molecule has 0 bridgehead atoms. The number of rotatable bonds is 0. The van der Waals surface area contributed by atoms with Crippen LogP contribution in [0, 0.1) is 25.7 Å². The van der Waals surface area contributed by atoms with Gasteiger partial charge in [0.25, 0.3) is 0 Å². The number of carbonyl (C=O) groups is 1. The van der Waals surface area contributed by atoms with Crippen LogP contribution in [0.5, 0.6) is 0 Å². The van der Waals surface area contributed by atoms with Crippen molar-refractivity contribution in [2.45, 2.75) is 33.2 Å². The molecule has 0 radical (unpaired) electrons. The summed E-state index contributed by atoms with van der Waals surface area (Å²) < 4.78 is 0. The Hall–Kier alpha value is -2.53. The Labute approximate surface area is 131 Å². The number of anilines is 1. The summed E-state index contributed by atoms with van der Waals surface area (Å²) in [7, 11) is 0. The summed E-state index contributed by atoms with van der Waals surface area (Å²) in [5.41, 5.74) is 5.44. The second kappa shape index (κ2) is 5.69. The van der Waals surface area contributed by atoms with Crippen LogP contribution in [0.15, 0.2) is 42.5 Å². The average molecular weight is 289 g/mol. The van der Waals surface area contributed by atoms with Crippen molar-refractivity contribution in [3.05, 3.63) is 64.7 Å². The maximum absolute atomic E-state index is 12.5.